The summed E-state index contributed by atoms with van der Waals surface area (Å²) in [4.78, 5) is 13.5. The highest BCUT2D eigenvalue weighted by Crippen LogP contribution is 2.17. The van der Waals surface area contributed by atoms with Crippen molar-refractivity contribution in [2.45, 2.75) is 44.4 Å². The fourth-order valence-electron chi connectivity index (χ4n) is 2.17. The zero-order valence-corrected chi connectivity index (χ0v) is 13.1. The van der Waals surface area contributed by atoms with E-state index in [0.717, 1.165) is 6.42 Å². The Kier molecular flexibility index (Phi) is 7.88. The topological polar surface area (TPSA) is 92.5 Å². The van der Waals surface area contributed by atoms with Crippen LogP contribution in [0.25, 0.3) is 0 Å². The summed E-state index contributed by atoms with van der Waals surface area (Å²) in [7, 11) is -3.30. The SMILES string of the molecule is CCCC(N)C(=O)N1CCC(S(=O)(=O)NCC)C1.Cl. The number of likely N-dealkylation sites (tertiary alicyclic amines) is 1. The molecule has 19 heavy (non-hydrogen) atoms. The first kappa shape index (κ1) is 18.6. The number of sulfonamides is 1. The standard InChI is InChI=1S/C11H23N3O3S.ClH/c1-3-5-10(12)11(15)14-7-6-9(8-14)18(16,17)13-4-2;/h9-10,13H,3-8,12H2,1-2H3;1H. The molecule has 2 atom stereocenters. The van der Waals surface area contributed by atoms with Gasteiger partial charge >= 0.3 is 0 Å². The number of hydrogen-bond donors (Lipinski definition) is 2. The van der Waals surface area contributed by atoms with E-state index in [1.54, 1.807) is 11.8 Å². The minimum atomic E-state index is -3.30. The Morgan fingerprint density at radius 1 is 1.47 bits per heavy atom. The van der Waals surface area contributed by atoms with Gasteiger partial charge in [-0.05, 0) is 12.8 Å². The highest BCUT2D eigenvalue weighted by molar-refractivity contribution is 7.90. The molecule has 0 spiro atoms. The zero-order chi connectivity index (χ0) is 13.8. The lowest BCUT2D eigenvalue weighted by atomic mass is 10.1. The van der Waals surface area contributed by atoms with Gasteiger partial charge in [-0.2, -0.15) is 0 Å². The Morgan fingerprint density at radius 3 is 2.63 bits per heavy atom. The lowest BCUT2D eigenvalue weighted by molar-refractivity contribution is -0.131. The van der Waals surface area contributed by atoms with Gasteiger partial charge in [0, 0.05) is 19.6 Å². The van der Waals surface area contributed by atoms with Gasteiger partial charge in [-0.15, -0.1) is 12.4 Å². The fraction of sp³-hybridized carbons (Fsp3) is 0.909. The van der Waals surface area contributed by atoms with E-state index in [0.29, 0.717) is 25.9 Å². The van der Waals surface area contributed by atoms with Crippen LogP contribution in [-0.4, -0.2) is 50.2 Å². The molecule has 0 aliphatic carbocycles. The maximum Gasteiger partial charge on any atom is 0.239 e. The fourth-order valence-corrected chi connectivity index (χ4v) is 3.60. The maximum atomic E-state index is 12.0. The van der Waals surface area contributed by atoms with E-state index >= 15 is 0 Å². The van der Waals surface area contributed by atoms with Crippen LogP contribution in [0.15, 0.2) is 0 Å². The van der Waals surface area contributed by atoms with Crippen molar-refractivity contribution in [3.63, 3.8) is 0 Å². The molecule has 1 saturated heterocycles. The van der Waals surface area contributed by atoms with E-state index in [2.05, 4.69) is 4.72 Å². The highest BCUT2D eigenvalue weighted by Gasteiger charge is 2.35. The molecule has 0 aromatic heterocycles. The Hall–Kier alpha value is -0.370. The number of carbonyl (C=O) groups excluding carboxylic acids is 1. The zero-order valence-electron chi connectivity index (χ0n) is 11.5. The van der Waals surface area contributed by atoms with Crippen molar-refractivity contribution in [3.8, 4) is 0 Å². The van der Waals surface area contributed by atoms with E-state index in [-0.39, 0.29) is 24.9 Å². The van der Waals surface area contributed by atoms with E-state index in [1.165, 1.54) is 0 Å². The molecule has 0 saturated carbocycles. The number of nitrogens with one attached hydrogen (secondary N) is 1. The predicted octanol–water partition coefficient (Wildman–Crippen LogP) is 0.0758. The molecule has 6 nitrogen and oxygen atoms in total. The molecule has 0 aromatic rings. The third-order valence-electron chi connectivity index (χ3n) is 3.16. The molecule has 0 aromatic carbocycles. The normalized spacial score (nSPS) is 21.0. The maximum absolute atomic E-state index is 12.0. The Bertz CT molecular complexity index is 389. The van der Waals surface area contributed by atoms with Crippen molar-refractivity contribution in [2.24, 2.45) is 5.73 Å². The van der Waals surface area contributed by atoms with Gasteiger partial charge in [-0.3, -0.25) is 4.79 Å². The first-order valence-corrected chi connectivity index (χ1v) is 7.99. The van der Waals surface area contributed by atoms with Crippen LogP contribution >= 0.6 is 12.4 Å². The molecule has 114 valence electrons. The van der Waals surface area contributed by atoms with Crippen molar-refractivity contribution in [2.75, 3.05) is 19.6 Å². The van der Waals surface area contributed by atoms with Crippen LogP contribution in [-0.2, 0) is 14.8 Å². The molecule has 0 bridgehead atoms. The van der Waals surface area contributed by atoms with Crippen molar-refractivity contribution in [3.05, 3.63) is 0 Å². The summed E-state index contributed by atoms with van der Waals surface area (Å²) in [5, 5.41) is -0.504. The van der Waals surface area contributed by atoms with Crippen LogP contribution in [0.4, 0.5) is 0 Å². The Labute approximate surface area is 121 Å². The Balaban J connectivity index is 0.00000324. The minimum absolute atomic E-state index is 0. The molecule has 1 heterocycles. The number of carbonyl (C=O) groups is 1. The predicted molar refractivity (Wildman–Crippen MR) is 77.7 cm³/mol. The molecule has 1 rings (SSSR count). The summed E-state index contributed by atoms with van der Waals surface area (Å²) in [6.07, 6.45) is 1.97. The Morgan fingerprint density at radius 2 is 2.11 bits per heavy atom. The van der Waals surface area contributed by atoms with E-state index in [9.17, 15) is 13.2 Å². The third-order valence-corrected chi connectivity index (χ3v) is 5.11. The molecular formula is C11H24ClN3O3S. The minimum Gasteiger partial charge on any atom is -0.340 e. The summed E-state index contributed by atoms with van der Waals surface area (Å²) < 4.78 is 26.1. The molecule has 1 aliphatic rings. The van der Waals surface area contributed by atoms with Gasteiger partial charge in [0.25, 0.3) is 0 Å². The molecule has 1 aliphatic heterocycles. The second-order valence-electron chi connectivity index (χ2n) is 4.63. The monoisotopic (exact) mass is 313 g/mol. The van der Waals surface area contributed by atoms with Crippen molar-refractivity contribution < 1.29 is 13.2 Å². The van der Waals surface area contributed by atoms with Gasteiger partial charge in [-0.1, -0.05) is 20.3 Å². The molecule has 1 fully saturated rings. The highest BCUT2D eigenvalue weighted by atomic mass is 35.5. The van der Waals surface area contributed by atoms with Crippen LogP contribution in [0.3, 0.4) is 0 Å². The molecule has 8 heteroatoms. The van der Waals surface area contributed by atoms with Crippen molar-refractivity contribution >= 4 is 28.3 Å². The number of nitrogens with two attached hydrogens (primary N) is 1. The van der Waals surface area contributed by atoms with Crippen molar-refractivity contribution in [1.82, 2.24) is 9.62 Å². The number of rotatable bonds is 6. The van der Waals surface area contributed by atoms with E-state index < -0.39 is 21.3 Å². The second kappa shape index (κ2) is 8.04. The number of halogens is 1. The van der Waals surface area contributed by atoms with Crippen LogP contribution in [0.1, 0.15) is 33.1 Å². The molecular weight excluding hydrogens is 290 g/mol. The third kappa shape index (κ3) is 4.91. The van der Waals surface area contributed by atoms with Crippen LogP contribution < -0.4 is 10.5 Å². The van der Waals surface area contributed by atoms with Crippen LogP contribution in [0, 0.1) is 0 Å². The molecule has 0 radical (unpaired) electrons. The quantitative estimate of drug-likeness (QED) is 0.726. The molecule has 3 N–H and O–H groups in total. The van der Waals surface area contributed by atoms with Gasteiger partial charge in [0.2, 0.25) is 15.9 Å². The largest absolute Gasteiger partial charge is 0.340 e. The van der Waals surface area contributed by atoms with E-state index in [4.69, 9.17) is 5.73 Å². The lowest BCUT2D eigenvalue weighted by Crippen LogP contribution is -2.44. The van der Waals surface area contributed by atoms with Crippen LogP contribution in [0.5, 0.6) is 0 Å². The van der Waals surface area contributed by atoms with Gasteiger partial charge < -0.3 is 10.6 Å². The first-order valence-electron chi connectivity index (χ1n) is 6.45. The summed E-state index contributed by atoms with van der Waals surface area (Å²) in [5.74, 6) is -0.133. The summed E-state index contributed by atoms with van der Waals surface area (Å²) >= 11 is 0. The van der Waals surface area contributed by atoms with E-state index in [1.807, 2.05) is 6.92 Å². The summed E-state index contributed by atoms with van der Waals surface area (Å²) in [5.41, 5.74) is 5.76. The van der Waals surface area contributed by atoms with Gasteiger partial charge in [0.15, 0.2) is 0 Å². The number of nitrogens with zero attached hydrogens (tertiary/aromatic N) is 1. The summed E-state index contributed by atoms with van der Waals surface area (Å²) in [6.45, 7) is 4.82. The molecule has 2 unspecified atom stereocenters. The number of amides is 1. The second-order valence-corrected chi connectivity index (χ2v) is 6.68. The summed E-state index contributed by atoms with van der Waals surface area (Å²) in [6, 6.07) is -0.504. The average Bonchev–Trinajstić information content (AvgIpc) is 2.78. The smallest absolute Gasteiger partial charge is 0.239 e. The van der Waals surface area contributed by atoms with Crippen LogP contribution in [0.2, 0.25) is 0 Å². The average molecular weight is 314 g/mol. The van der Waals surface area contributed by atoms with Crippen molar-refractivity contribution in [1.29, 1.82) is 0 Å². The van der Waals surface area contributed by atoms with Gasteiger partial charge in [0.1, 0.15) is 0 Å². The first-order chi connectivity index (χ1) is 8.42. The van der Waals surface area contributed by atoms with Gasteiger partial charge in [-0.25, -0.2) is 13.1 Å². The molecule has 1 amide bonds. The number of hydrogen-bond acceptors (Lipinski definition) is 4. The van der Waals surface area contributed by atoms with Gasteiger partial charge in [0.05, 0.1) is 11.3 Å². The lowest BCUT2D eigenvalue weighted by Gasteiger charge is -2.20.